The second-order valence-corrected chi connectivity index (χ2v) is 7.13. The summed E-state index contributed by atoms with van der Waals surface area (Å²) in [4.78, 5) is 14.9. The first-order chi connectivity index (χ1) is 12.5. The molecule has 3 aromatic rings. The highest BCUT2D eigenvalue weighted by molar-refractivity contribution is 6.42. The summed E-state index contributed by atoms with van der Waals surface area (Å²) in [5, 5.41) is 11.9. The molecule has 3 heterocycles. The van der Waals surface area contributed by atoms with Crippen LogP contribution in [0.1, 0.15) is 40.6 Å². The van der Waals surface area contributed by atoms with E-state index in [1.54, 1.807) is 24.4 Å². The Balaban J connectivity index is 1.66. The number of hydrogen-bond acceptors (Lipinski definition) is 4. The molecule has 4 rings (SSSR count). The molecule has 1 aromatic carbocycles. The Kier molecular flexibility index (Phi) is 4.46. The summed E-state index contributed by atoms with van der Waals surface area (Å²) in [5.74, 6) is 0.556. The molecular weight excluding hydrogens is 375 g/mol. The molecule has 0 aliphatic carbocycles. The van der Waals surface area contributed by atoms with Gasteiger partial charge in [-0.05, 0) is 38.0 Å². The van der Waals surface area contributed by atoms with Crippen molar-refractivity contribution in [3.63, 3.8) is 0 Å². The molecular formula is C18H16Cl2N4O2. The van der Waals surface area contributed by atoms with Crippen LogP contribution in [0.5, 0.6) is 0 Å². The molecule has 1 N–H and O–H groups in total. The number of carbonyl (C=O) groups excluding carboxylic acids is 1. The van der Waals surface area contributed by atoms with Crippen LogP contribution in [-0.4, -0.2) is 32.7 Å². The highest BCUT2D eigenvalue weighted by Gasteiger charge is 2.34. The smallest absolute Gasteiger partial charge is 0.254 e. The maximum atomic E-state index is 13.0. The fraction of sp³-hybridized carbons (Fsp3) is 0.278. The number of aromatic amines is 1. The van der Waals surface area contributed by atoms with Gasteiger partial charge in [-0.1, -0.05) is 28.4 Å². The molecule has 0 unspecified atom stereocenters. The number of rotatable bonds is 3. The van der Waals surface area contributed by atoms with Crippen LogP contribution in [0.2, 0.25) is 10.0 Å². The summed E-state index contributed by atoms with van der Waals surface area (Å²) >= 11 is 12.0. The van der Waals surface area contributed by atoms with Gasteiger partial charge in [0.15, 0.2) is 5.76 Å². The molecule has 0 radical (unpaired) electrons. The minimum absolute atomic E-state index is 0.0830. The third kappa shape index (κ3) is 2.99. The van der Waals surface area contributed by atoms with Gasteiger partial charge in [-0.2, -0.15) is 5.10 Å². The molecule has 1 saturated heterocycles. The van der Waals surface area contributed by atoms with E-state index in [-0.39, 0.29) is 11.9 Å². The number of H-pyrrole nitrogens is 1. The van der Waals surface area contributed by atoms with E-state index >= 15 is 0 Å². The number of hydrogen-bond donors (Lipinski definition) is 1. The Morgan fingerprint density at radius 1 is 1.31 bits per heavy atom. The van der Waals surface area contributed by atoms with E-state index in [4.69, 9.17) is 27.7 Å². The molecule has 1 aliphatic heterocycles. The van der Waals surface area contributed by atoms with Crippen LogP contribution in [0.3, 0.4) is 0 Å². The average molecular weight is 391 g/mol. The predicted octanol–water partition coefficient (Wildman–Crippen LogP) is 4.66. The first kappa shape index (κ1) is 17.1. The first-order valence-corrected chi connectivity index (χ1v) is 9.03. The molecule has 1 atom stereocenters. The summed E-state index contributed by atoms with van der Waals surface area (Å²) < 4.78 is 5.37. The lowest BCUT2D eigenvalue weighted by atomic mass is 10.0. The second-order valence-electron chi connectivity index (χ2n) is 6.32. The van der Waals surface area contributed by atoms with Crippen molar-refractivity contribution in [1.29, 1.82) is 0 Å². The summed E-state index contributed by atoms with van der Waals surface area (Å²) in [6.45, 7) is 2.53. The molecule has 0 bridgehead atoms. The number of aryl methyl sites for hydroxylation is 1. The highest BCUT2D eigenvalue weighted by atomic mass is 35.5. The first-order valence-electron chi connectivity index (χ1n) is 8.27. The van der Waals surface area contributed by atoms with E-state index < -0.39 is 0 Å². The van der Waals surface area contributed by atoms with Crippen LogP contribution in [-0.2, 0) is 0 Å². The van der Waals surface area contributed by atoms with Crippen molar-refractivity contribution < 1.29 is 9.32 Å². The third-order valence-electron chi connectivity index (χ3n) is 4.58. The summed E-state index contributed by atoms with van der Waals surface area (Å²) in [5.41, 5.74) is 2.99. The van der Waals surface area contributed by atoms with E-state index in [9.17, 15) is 4.79 Å². The number of likely N-dealkylation sites (tertiary alicyclic amines) is 1. The molecule has 134 valence electrons. The van der Waals surface area contributed by atoms with E-state index in [0.29, 0.717) is 27.9 Å². The van der Waals surface area contributed by atoms with Gasteiger partial charge in [0, 0.05) is 18.2 Å². The van der Waals surface area contributed by atoms with Gasteiger partial charge in [-0.25, -0.2) is 0 Å². The third-order valence-corrected chi connectivity index (χ3v) is 5.31. The molecule has 26 heavy (non-hydrogen) atoms. The molecule has 0 saturated carbocycles. The van der Waals surface area contributed by atoms with Crippen molar-refractivity contribution in [2.24, 2.45) is 0 Å². The second kappa shape index (κ2) is 6.78. The zero-order chi connectivity index (χ0) is 18.3. The Labute approximate surface area is 160 Å². The van der Waals surface area contributed by atoms with Crippen LogP contribution in [0.15, 0.2) is 35.0 Å². The molecule has 1 amide bonds. The van der Waals surface area contributed by atoms with Crippen molar-refractivity contribution in [2.75, 3.05) is 6.54 Å². The van der Waals surface area contributed by atoms with E-state index in [0.717, 1.165) is 29.8 Å². The Hall–Kier alpha value is -2.31. The molecule has 0 spiro atoms. The van der Waals surface area contributed by atoms with E-state index in [2.05, 4.69) is 15.4 Å². The Morgan fingerprint density at radius 3 is 2.88 bits per heavy atom. The normalized spacial score (nSPS) is 17.0. The van der Waals surface area contributed by atoms with Crippen LogP contribution >= 0.6 is 23.2 Å². The highest BCUT2D eigenvalue weighted by Crippen LogP contribution is 2.37. The van der Waals surface area contributed by atoms with Gasteiger partial charge in [0.05, 0.1) is 39.2 Å². The molecule has 6 nitrogen and oxygen atoms in total. The van der Waals surface area contributed by atoms with Gasteiger partial charge in [0.1, 0.15) is 0 Å². The van der Waals surface area contributed by atoms with Gasteiger partial charge in [-0.15, -0.1) is 0 Å². The van der Waals surface area contributed by atoms with Gasteiger partial charge < -0.3 is 9.42 Å². The number of carbonyl (C=O) groups is 1. The predicted molar refractivity (Wildman–Crippen MR) is 98.3 cm³/mol. The zero-order valence-electron chi connectivity index (χ0n) is 14.0. The zero-order valence-corrected chi connectivity index (χ0v) is 15.5. The van der Waals surface area contributed by atoms with Gasteiger partial charge in [0.25, 0.3) is 5.91 Å². The van der Waals surface area contributed by atoms with Crippen molar-refractivity contribution in [3.8, 4) is 11.3 Å². The largest absolute Gasteiger partial charge is 0.356 e. The van der Waals surface area contributed by atoms with Crippen molar-refractivity contribution in [2.45, 2.75) is 25.8 Å². The van der Waals surface area contributed by atoms with Crippen LogP contribution < -0.4 is 0 Å². The molecule has 1 aliphatic rings. The number of halogens is 2. The number of amides is 1. The topological polar surface area (TPSA) is 75.0 Å². The summed E-state index contributed by atoms with van der Waals surface area (Å²) in [6.07, 6.45) is 3.45. The Morgan fingerprint density at radius 2 is 2.15 bits per heavy atom. The van der Waals surface area contributed by atoms with E-state index in [1.807, 2.05) is 17.9 Å². The fourth-order valence-corrected chi connectivity index (χ4v) is 3.64. The van der Waals surface area contributed by atoms with Crippen molar-refractivity contribution in [1.82, 2.24) is 20.3 Å². The van der Waals surface area contributed by atoms with Gasteiger partial charge in [-0.3, -0.25) is 9.89 Å². The lowest BCUT2D eigenvalue weighted by Gasteiger charge is -2.24. The number of nitrogens with zero attached hydrogens (tertiary/aromatic N) is 3. The van der Waals surface area contributed by atoms with Crippen LogP contribution in [0.25, 0.3) is 11.3 Å². The minimum Gasteiger partial charge on any atom is -0.356 e. The van der Waals surface area contributed by atoms with Crippen LogP contribution in [0.4, 0.5) is 0 Å². The van der Waals surface area contributed by atoms with Crippen molar-refractivity contribution >= 4 is 29.1 Å². The maximum Gasteiger partial charge on any atom is 0.254 e. The SMILES string of the molecule is Cc1cc(-c2cn[nH]c2[C@@H]2CCCN2C(=O)c2ccc(Cl)c(Cl)c2)on1. The molecule has 2 aromatic heterocycles. The maximum absolute atomic E-state index is 13.0. The minimum atomic E-state index is -0.111. The van der Waals surface area contributed by atoms with Gasteiger partial charge in [0.2, 0.25) is 0 Å². The molecule has 1 fully saturated rings. The number of benzene rings is 1. The lowest BCUT2D eigenvalue weighted by molar-refractivity contribution is 0.0733. The lowest BCUT2D eigenvalue weighted by Crippen LogP contribution is -2.31. The number of nitrogens with one attached hydrogen (secondary N) is 1. The Bertz CT molecular complexity index is 966. The fourth-order valence-electron chi connectivity index (χ4n) is 3.34. The monoisotopic (exact) mass is 390 g/mol. The molecule has 8 heteroatoms. The van der Waals surface area contributed by atoms with Crippen molar-refractivity contribution in [3.05, 3.63) is 57.5 Å². The quantitative estimate of drug-likeness (QED) is 0.705. The summed E-state index contributed by atoms with van der Waals surface area (Å²) in [7, 11) is 0. The van der Waals surface area contributed by atoms with Gasteiger partial charge >= 0.3 is 0 Å². The number of aromatic nitrogens is 3. The summed E-state index contributed by atoms with van der Waals surface area (Å²) in [6, 6.07) is 6.68. The average Bonchev–Trinajstić information content (AvgIpc) is 3.35. The van der Waals surface area contributed by atoms with Crippen LogP contribution in [0, 0.1) is 6.92 Å². The van der Waals surface area contributed by atoms with E-state index in [1.165, 1.54) is 0 Å². The standard InChI is InChI=1S/C18H16Cl2N4O2/c1-10-7-16(26-23-10)12-9-21-22-17(12)15-3-2-6-24(15)18(25)11-4-5-13(19)14(20)8-11/h4-5,7-9,15H,2-3,6H2,1H3,(H,21,22)/t15-/m0/s1.